The first-order chi connectivity index (χ1) is 13.1. The van der Waals surface area contributed by atoms with E-state index in [2.05, 4.69) is 9.48 Å². The van der Waals surface area contributed by atoms with Crippen LogP contribution in [-0.2, 0) is 5.72 Å². The van der Waals surface area contributed by atoms with Gasteiger partial charge in [0.25, 0.3) is 11.6 Å². The fourth-order valence-corrected chi connectivity index (χ4v) is 4.39. The molecule has 2 aromatic carbocycles. The summed E-state index contributed by atoms with van der Waals surface area (Å²) >= 11 is 6.28. The Hall–Kier alpha value is -2.04. The number of rotatable bonds is 4. The maximum absolute atomic E-state index is 11.9. The zero-order chi connectivity index (χ0) is 18.9. The number of hydrogen-bond donors (Lipinski definition) is 1. The van der Waals surface area contributed by atoms with E-state index in [-0.39, 0.29) is 0 Å². The van der Waals surface area contributed by atoms with Gasteiger partial charge in [-0.15, -0.1) is 0 Å². The minimum Gasteiger partial charge on any atom is -0.494 e. The number of benzene rings is 2. The molecule has 0 saturated carbocycles. The molecule has 1 N–H and O–H groups in total. The molecule has 27 heavy (non-hydrogen) atoms. The van der Waals surface area contributed by atoms with Crippen LogP contribution < -0.4 is 9.64 Å². The highest BCUT2D eigenvalue weighted by Gasteiger charge is 2.54. The number of anilines is 1. The molecule has 0 unspecified atom stereocenters. The van der Waals surface area contributed by atoms with Gasteiger partial charge in [-0.1, -0.05) is 17.7 Å². The summed E-state index contributed by atoms with van der Waals surface area (Å²) in [5.41, 5.74) is 0.673. The highest BCUT2D eigenvalue weighted by Crippen LogP contribution is 2.38. The largest absolute Gasteiger partial charge is 0.494 e. The molecule has 0 fully saturated rings. The first-order valence-electron chi connectivity index (χ1n) is 9.74. The Balaban J connectivity index is 1.78. The molecule has 0 aliphatic carbocycles. The van der Waals surface area contributed by atoms with Crippen molar-refractivity contribution in [2.24, 2.45) is 0 Å². The molecule has 5 heteroatoms. The predicted molar refractivity (Wildman–Crippen MR) is 109 cm³/mol. The number of nitrogens with zero attached hydrogens (tertiary/aromatic N) is 2. The third-order valence-corrected chi connectivity index (χ3v) is 5.66. The molecule has 2 heterocycles. The van der Waals surface area contributed by atoms with Crippen LogP contribution in [0.5, 0.6) is 5.75 Å². The molecule has 0 saturated heterocycles. The van der Waals surface area contributed by atoms with Gasteiger partial charge in [0.1, 0.15) is 11.4 Å². The van der Waals surface area contributed by atoms with Gasteiger partial charge in [-0.3, -0.25) is 4.58 Å². The molecule has 2 aromatic rings. The van der Waals surface area contributed by atoms with Crippen molar-refractivity contribution in [3.8, 4) is 5.75 Å². The summed E-state index contributed by atoms with van der Waals surface area (Å²) in [7, 11) is 0. The van der Waals surface area contributed by atoms with E-state index >= 15 is 0 Å². The van der Waals surface area contributed by atoms with Gasteiger partial charge in [0.05, 0.1) is 13.2 Å². The average molecular weight is 386 g/mol. The van der Waals surface area contributed by atoms with Crippen LogP contribution in [0.3, 0.4) is 0 Å². The van der Waals surface area contributed by atoms with Gasteiger partial charge in [-0.25, -0.2) is 0 Å². The van der Waals surface area contributed by atoms with Crippen LogP contribution in [-0.4, -0.2) is 35.2 Å². The van der Waals surface area contributed by atoms with Crippen molar-refractivity contribution in [2.75, 3.05) is 24.6 Å². The van der Waals surface area contributed by atoms with Gasteiger partial charge in [-0.05, 0) is 62.6 Å². The summed E-state index contributed by atoms with van der Waals surface area (Å²) < 4.78 is 7.90. The van der Waals surface area contributed by atoms with E-state index in [0.717, 1.165) is 42.8 Å². The lowest BCUT2D eigenvalue weighted by Gasteiger charge is -2.29. The first-order valence-corrected chi connectivity index (χ1v) is 10.1. The monoisotopic (exact) mass is 385 g/mol. The van der Waals surface area contributed by atoms with Crippen molar-refractivity contribution in [2.45, 2.75) is 38.3 Å². The number of hydrogen-bond acceptors (Lipinski definition) is 3. The van der Waals surface area contributed by atoms with E-state index in [1.54, 1.807) is 0 Å². The van der Waals surface area contributed by atoms with E-state index in [4.69, 9.17) is 16.3 Å². The van der Waals surface area contributed by atoms with E-state index in [1.807, 2.05) is 55.5 Å². The van der Waals surface area contributed by atoms with E-state index in [0.29, 0.717) is 18.2 Å². The van der Waals surface area contributed by atoms with Crippen LogP contribution in [0.15, 0.2) is 48.5 Å². The van der Waals surface area contributed by atoms with Crippen molar-refractivity contribution in [1.29, 1.82) is 0 Å². The Kier molecular flexibility index (Phi) is 5.11. The van der Waals surface area contributed by atoms with Crippen molar-refractivity contribution in [3.05, 3.63) is 59.1 Å². The zero-order valence-electron chi connectivity index (χ0n) is 15.7. The Morgan fingerprint density at radius 3 is 2.70 bits per heavy atom. The standard InChI is InChI=1S/C22H26ClN2O2/c1-2-27-20-12-10-17(11-13-20)22(26)16-24-14-5-3-4-9-21(24)25(22)19-8-6-7-18(23)15-19/h6-8,10-13,15,26H,2-5,9,14,16H2,1H3/q+1/t22-/m1/s1. The Bertz CT molecular complexity index is 850. The summed E-state index contributed by atoms with van der Waals surface area (Å²) in [5, 5.41) is 12.6. The molecule has 0 amide bonds. The maximum atomic E-state index is 11.9. The topological polar surface area (TPSA) is 35.7 Å². The van der Waals surface area contributed by atoms with E-state index < -0.39 is 5.72 Å². The van der Waals surface area contributed by atoms with Crippen molar-refractivity contribution in [1.82, 2.24) is 0 Å². The average Bonchev–Trinajstić information content (AvgIpc) is 2.78. The minimum atomic E-state index is -1.12. The Morgan fingerprint density at radius 2 is 1.96 bits per heavy atom. The summed E-state index contributed by atoms with van der Waals surface area (Å²) in [6.07, 6.45) is 4.49. The molecule has 0 spiro atoms. The number of amidine groups is 1. The van der Waals surface area contributed by atoms with Gasteiger partial charge in [0.15, 0.2) is 6.54 Å². The lowest BCUT2D eigenvalue weighted by Crippen LogP contribution is -2.47. The smallest absolute Gasteiger partial charge is 0.275 e. The quantitative estimate of drug-likeness (QED) is 0.793. The molecule has 4 rings (SSSR count). The van der Waals surface area contributed by atoms with Gasteiger partial charge >= 0.3 is 0 Å². The molecule has 0 bridgehead atoms. The summed E-state index contributed by atoms with van der Waals surface area (Å²) in [6, 6.07) is 15.6. The van der Waals surface area contributed by atoms with Gasteiger partial charge in [0.2, 0.25) is 0 Å². The van der Waals surface area contributed by atoms with Gasteiger partial charge < -0.3 is 9.84 Å². The SMILES string of the molecule is CCOc1ccc([C@]2(O)C[N+]3=C(CCCCC3)N2c2cccc(Cl)c2)cc1. The normalized spacial score (nSPS) is 22.6. The van der Waals surface area contributed by atoms with Crippen LogP contribution in [0.25, 0.3) is 0 Å². The number of halogens is 1. The van der Waals surface area contributed by atoms with Crippen molar-refractivity contribution in [3.63, 3.8) is 0 Å². The van der Waals surface area contributed by atoms with Gasteiger partial charge in [0, 0.05) is 23.1 Å². The Morgan fingerprint density at radius 1 is 1.15 bits per heavy atom. The van der Waals surface area contributed by atoms with Crippen LogP contribution in [0, 0.1) is 0 Å². The Labute approximate surface area is 165 Å². The van der Waals surface area contributed by atoms with Crippen molar-refractivity contribution >= 4 is 23.1 Å². The fraction of sp³-hybridized carbons (Fsp3) is 0.409. The molecule has 142 valence electrons. The second-order valence-electron chi connectivity index (χ2n) is 7.24. The zero-order valence-corrected chi connectivity index (χ0v) is 16.5. The molecular weight excluding hydrogens is 360 g/mol. The van der Waals surface area contributed by atoms with E-state index in [9.17, 15) is 5.11 Å². The number of ether oxygens (including phenoxy) is 1. The predicted octanol–water partition coefficient (Wildman–Crippen LogP) is 4.39. The molecule has 2 aliphatic heterocycles. The molecule has 4 nitrogen and oxygen atoms in total. The first kappa shape index (κ1) is 18.3. The summed E-state index contributed by atoms with van der Waals surface area (Å²) in [5.74, 6) is 2.01. The third kappa shape index (κ3) is 3.44. The third-order valence-electron chi connectivity index (χ3n) is 5.43. The number of aliphatic hydroxyl groups is 1. The lowest BCUT2D eigenvalue weighted by atomic mass is 9.99. The molecule has 2 aliphatic rings. The lowest BCUT2D eigenvalue weighted by molar-refractivity contribution is -0.534. The van der Waals surface area contributed by atoms with Gasteiger partial charge in [-0.2, -0.15) is 4.90 Å². The highest BCUT2D eigenvalue weighted by molar-refractivity contribution is 6.31. The van der Waals surface area contributed by atoms with Crippen LogP contribution in [0.1, 0.15) is 38.2 Å². The van der Waals surface area contributed by atoms with Crippen LogP contribution >= 0.6 is 11.6 Å². The summed E-state index contributed by atoms with van der Waals surface area (Å²) in [6.45, 7) is 4.13. The van der Waals surface area contributed by atoms with Crippen LogP contribution in [0.2, 0.25) is 5.02 Å². The summed E-state index contributed by atoms with van der Waals surface area (Å²) in [4.78, 5) is 2.08. The molecule has 1 atom stereocenters. The van der Waals surface area contributed by atoms with Crippen LogP contribution in [0.4, 0.5) is 5.69 Å². The second kappa shape index (κ2) is 7.53. The van der Waals surface area contributed by atoms with Crippen molar-refractivity contribution < 1.29 is 14.4 Å². The second-order valence-corrected chi connectivity index (χ2v) is 7.67. The molecule has 0 aromatic heterocycles. The van der Waals surface area contributed by atoms with E-state index in [1.165, 1.54) is 12.3 Å². The molecule has 0 radical (unpaired) electrons. The maximum Gasteiger partial charge on any atom is 0.275 e. The minimum absolute atomic E-state index is 0.558. The highest BCUT2D eigenvalue weighted by atomic mass is 35.5. The molecular formula is C22H26ClN2O2+. The fourth-order valence-electron chi connectivity index (χ4n) is 4.21.